The number of benzene rings is 1. The Labute approximate surface area is 167 Å². The van der Waals surface area contributed by atoms with E-state index in [1.165, 1.54) is 6.42 Å². The molecule has 2 amide bonds. The van der Waals surface area contributed by atoms with Crippen LogP contribution in [0.2, 0.25) is 0 Å². The molecule has 2 aliphatic rings. The maximum atomic E-state index is 12.6. The van der Waals surface area contributed by atoms with Gasteiger partial charge in [-0.25, -0.2) is 0 Å². The van der Waals surface area contributed by atoms with E-state index >= 15 is 0 Å². The summed E-state index contributed by atoms with van der Waals surface area (Å²) in [6.07, 6.45) is 8.95. The van der Waals surface area contributed by atoms with E-state index < -0.39 is 0 Å². The molecule has 1 aliphatic carbocycles. The molecule has 1 saturated heterocycles. The predicted molar refractivity (Wildman–Crippen MR) is 108 cm³/mol. The minimum Gasteiger partial charge on any atom is -0.497 e. The van der Waals surface area contributed by atoms with Crippen LogP contribution in [0.15, 0.2) is 24.3 Å². The minimum atomic E-state index is -0.0356. The Balaban J connectivity index is 1.53. The number of methoxy groups -OCH3 is 2. The number of rotatable bonds is 5. The smallest absolute Gasteiger partial charge is 0.246 e. The second-order valence-corrected chi connectivity index (χ2v) is 7.46. The van der Waals surface area contributed by atoms with Crippen molar-refractivity contribution in [3.63, 3.8) is 0 Å². The number of hydrogen-bond donors (Lipinski definition) is 0. The molecule has 3 rings (SSSR count). The van der Waals surface area contributed by atoms with Crippen molar-refractivity contribution in [2.45, 2.75) is 32.1 Å². The second-order valence-electron chi connectivity index (χ2n) is 7.46. The maximum Gasteiger partial charge on any atom is 0.246 e. The third-order valence-corrected chi connectivity index (χ3v) is 5.65. The summed E-state index contributed by atoms with van der Waals surface area (Å²) in [6, 6.07) is 5.50. The van der Waals surface area contributed by atoms with Gasteiger partial charge < -0.3 is 19.3 Å². The van der Waals surface area contributed by atoms with Crippen LogP contribution < -0.4 is 9.47 Å². The van der Waals surface area contributed by atoms with E-state index in [2.05, 4.69) is 0 Å². The van der Waals surface area contributed by atoms with Crippen molar-refractivity contribution >= 4 is 17.9 Å². The quantitative estimate of drug-likeness (QED) is 0.730. The van der Waals surface area contributed by atoms with Crippen LogP contribution in [0.1, 0.15) is 37.7 Å². The van der Waals surface area contributed by atoms with Crippen LogP contribution in [0, 0.1) is 5.92 Å². The summed E-state index contributed by atoms with van der Waals surface area (Å²) in [5.74, 6) is 1.80. The number of carbonyl (C=O) groups is 2. The fourth-order valence-corrected chi connectivity index (χ4v) is 3.95. The highest BCUT2D eigenvalue weighted by Gasteiger charge is 2.29. The predicted octanol–water partition coefficient (Wildman–Crippen LogP) is 2.97. The second kappa shape index (κ2) is 9.62. The molecule has 152 valence electrons. The molecule has 0 unspecified atom stereocenters. The van der Waals surface area contributed by atoms with Gasteiger partial charge in [-0.3, -0.25) is 9.59 Å². The summed E-state index contributed by atoms with van der Waals surface area (Å²) in [7, 11) is 3.20. The molecule has 2 fully saturated rings. The third kappa shape index (κ3) is 5.06. The molecule has 1 heterocycles. The molecule has 1 aliphatic heterocycles. The lowest BCUT2D eigenvalue weighted by atomic mass is 9.88. The van der Waals surface area contributed by atoms with E-state index in [0.717, 1.165) is 31.2 Å². The van der Waals surface area contributed by atoms with Gasteiger partial charge in [0.05, 0.1) is 14.2 Å². The number of nitrogens with zero attached hydrogens (tertiary/aromatic N) is 2. The van der Waals surface area contributed by atoms with Gasteiger partial charge in [0.2, 0.25) is 11.8 Å². The summed E-state index contributed by atoms with van der Waals surface area (Å²) in [5.41, 5.74) is 0.843. The number of piperazine rings is 1. The van der Waals surface area contributed by atoms with Gasteiger partial charge >= 0.3 is 0 Å². The number of amides is 2. The largest absolute Gasteiger partial charge is 0.497 e. The summed E-state index contributed by atoms with van der Waals surface area (Å²) in [5, 5.41) is 0. The zero-order valence-electron chi connectivity index (χ0n) is 16.9. The van der Waals surface area contributed by atoms with E-state index in [1.54, 1.807) is 37.3 Å². The van der Waals surface area contributed by atoms with E-state index in [9.17, 15) is 9.59 Å². The van der Waals surface area contributed by atoms with E-state index in [0.29, 0.717) is 37.7 Å². The topological polar surface area (TPSA) is 59.1 Å². The first-order valence-electron chi connectivity index (χ1n) is 10.1. The monoisotopic (exact) mass is 386 g/mol. The lowest BCUT2D eigenvalue weighted by molar-refractivity contribution is -0.141. The summed E-state index contributed by atoms with van der Waals surface area (Å²) in [6.45, 7) is 2.43. The summed E-state index contributed by atoms with van der Waals surface area (Å²) in [4.78, 5) is 28.9. The van der Waals surface area contributed by atoms with Gasteiger partial charge in [0, 0.05) is 44.2 Å². The van der Waals surface area contributed by atoms with Gasteiger partial charge in [-0.15, -0.1) is 0 Å². The molecule has 6 nitrogen and oxygen atoms in total. The first kappa shape index (κ1) is 20.2. The Morgan fingerprint density at radius 1 is 0.893 bits per heavy atom. The average molecular weight is 386 g/mol. The van der Waals surface area contributed by atoms with E-state index in [4.69, 9.17) is 9.47 Å². The number of carbonyl (C=O) groups excluding carboxylic acids is 2. The molecule has 1 aromatic rings. The lowest BCUT2D eigenvalue weighted by Crippen LogP contribution is -2.51. The van der Waals surface area contributed by atoms with Crippen LogP contribution in [0.4, 0.5) is 0 Å². The van der Waals surface area contributed by atoms with E-state index in [1.807, 2.05) is 17.0 Å². The van der Waals surface area contributed by atoms with Gasteiger partial charge in [-0.1, -0.05) is 19.3 Å². The van der Waals surface area contributed by atoms with Crippen LogP contribution in [-0.2, 0) is 9.59 Å². The highest BCUT2D eigenvalue weighted by molar-refractivity contribution is 5.92. The SMILES string of the molecule is COc1cc(/C=C/C(=O)N2CCN(C(=O)C3CCCCC3)CC2)cc(OC)c1. The molecule has 1 aromatic carbocycles. The zero-order chi connectivity index (χ0) is 19.9. The highest BCUT2D eigenvalue weighted by Crippen LogP contribution is 2.26. The lowest BCUT2D eigenvalue weighted by Gasteiger charge is -2.36. The first-order valence-corrected chi connectivity index (χ1v) is 10.1. The molecule has 0 atom stereocenters. The van der Waals surface area contributed by atoms with Crippen molar-refractivity contribution in [1.82, 2.24) is 9.80 Å². The standard InChI is InChI=1S/C22H30N2O4/c1-27-19-14-17(15-20(16-19)28-2)8-9-21(25)23-10-12-24(13-11-23)22(26)18-6-4-3-5-7-18/h8-9,14-16,18H,3-7,10-13H2,1-2H3/b9-8+. The van der Waals surface area contributed by atoms with Crippen molar-refractivity contribution in [2.24, 2.45) is 5.92 Å². The summed E-state index contributed by atoms with van der Waals surface area (Å²) >= 11 is 0. The van der Waals surface area contributed by atoms with Crippen molar-refractivity contribution < 1.29 is 19.1 Å². The summed E-state index contributed by atoms with van der Waals surface area (Å²) < 4.78 is 10.5. The number of ether oxygens (including phenoxy) is 2. The normalized spacial score (nSPS) is 18.4. The Bertz CT molecular complexity index is 695. The average Bonchev–Trinajstić information content (AvgIpc) is 2.77. The molecule has 6 heteroatoms. The highest BCUT2D eigenvalue weighted by atomic mass is 16.5. The van der Waals surface area contributed by atoms with Crippen LogP contribution in [0.25, 0.3) is 6.08 Å². The third-order valence-electron chi connectivity index (χ3n) is 5.65. The van der Waals surface area contributed by atoms with Crippen molar-refractivity contribution in [3.8, 4) is 11.5 Å². The fourth-order valence-electron chi connectivity index (χ4n) is 3.95. The van der Waals surface area contributed by atoms with Crippen LogP contribution in [-0.4, -0.2) is 62.0 Å². The fraction of sp³-hybridized carbons (Fsp3) is 0.545. The minimum absolute atomic E-state index is 0.0356. The Morgan fingerprint density at radius 3 is 2.04 bits per heavy atom. The molecule has 28 heavy (non-hydrogen) atoms. The molecular weight excluding hydrogens is 356 g/mol. The van der Waals surface area contributed by atoms with Crippen molar-refractivity contribution in [1.29, 1.82) is 0 Å². The van der Waals surface area contributed by atoms with Crippen LogP contribution in [0.3, 0.4) is 0 Å². The van der Waals surface area contributed by atoms with Gasteiger partial charge in [0.25, 0.3) is 0 Å². The Morgan fingerprint density at radius 2 is 1.46 bits per heavy atom. The van der Waals surface area contributed by atoms with Crippen LogP contribution in [0.5, 0.6) is 11.5 Å². The molecule has 0 radical (unpaired) electrons. The Kier molecular flexibility index (Phi) is 6.95. The van der Waals surface area contributed by atoms with Gasteiger partial charge in [0.1, 0.15) is 11.5 Å². The van der Waals surface area contributed by atoms with Gasteiger partial charge in [-0.2, -0.15) is 0 Å². The molecule has 0 aromatic heterocycles. The number of hydrogen-bond acceptors (Lipinski definition) is 4. The van der Waals surface area contributed by atoms with Gasteiger partial charge in [0.15, 0.2) is 0 Å². The van der Waals surface area contributed by atoms with E-state index in [-0.39, 0.29) is 17.7 Å². The molecule has 0 bridgehead atoms. The molecule has 0 spiro atoms. The first-order chi connectivity index (χ1) is 13.6. The van der Waals surface area contributed by atoms with Crippen molar-refractivity contribution in [3.05, 3.63) is 29.8 Å². The zero-order valence-corrected chi connectivity index (χ0v) is 16.9. The van der Waals surface area contributed by atoms with Crippen molar-refractivity contribution in [2.75, 3.05) is 40.4 Å². The molecular formula is C22H30N2O4. The Hall–Kier alpha value is -2.50. The molecule has 0 N–H and O–H groups in total. The van der Waals surface area contributed by atoms with Gasteiger partial charge in [-0.05, 0) is 36.6 Å². The maximum absolute atomic E-state index is 12.6. The van der Waals surface area contributed by atoms with Crippen LogP contribution >= 0.6 is 0 Å². The molecule has 1 saturated carbocycles.